The second kappa shape index (κ2) is 9.45. The van der Waals surface area contributed by atoms with Gasteiger partial charge in [0.2, 0.25) is 11.8 Å². The first kappa shape index (κ1) is 18.5. The monoisotopic (exact) mass is 321 g/mol. The molecule has 0 saturated heterocycles. The van der Waals surface area contributed by atoms with Gasteiger partial charge in [-0.2, -0.15) is 0 Å². The van der Waals surface area contributed by atoms with Gasteiger partial charge in [-0.1, -0.05) is 30.3 Å². The zero-order valence-corrected chi connectivity index (χ0v) is 13.7. The van der Waals surface area contributed by atoms with E-state index in [4.69, 9.17) is 4.74 Å². The molecule has 0 heterocycles. The van der Waals surface area contributed by atoms with Crippen molar-refractivity contribution in [1.82, 2.24) is 15.5 Å². The summed E-state index contributed by atoms with van der Waals surface area (Å²) < 4.78 is 4.99. The fourth-order valence-corrected chi connectivity index (χ4v) is 1.73. The molecule has 0 spiro atoms. The molecule has 1 aromatic rings. The summed E-state index contributed by atoms with van der Waals surface area (Å²) >= 11 is 0. The average Bonchev–Trinajstić information content (AvgIpc) is 2.50. The van der Waals surface area contributed by atoms with Crippen molar-refractivity contribution < 1.29 is 19.1 Å². The van der Waals surface area contributed by atoms with Gasteiger partial charge in [0.25, 0.3) is 0 Å². The molecule has 0 atom stereocenters. The molecule has 0 aliphatic carbocycles. The lowest BCUT2D eigenvalue weighted by Gasteiger charge is -2.18. The number of likely N-dealkylation sites (N-methyl/N-ethyl adjacent to an activating group) is 1. The molecule has 3 amide bonds. The van der Waals surface area contributed by atoms with Gasteiger partial charge in [-0.25, -0.2) is 4.79 Å². The largest absolute Gasteiger partial charge is 0.445 e. The number of nitrogens with one attached hydrogen (secondary N) is 2. The number of hydrogen-bond acceptors (Lipinski definition) is 4. The number of carbonyl (C=O) groups excluding carboxylic acids is 3. The van der Waals surface area contributed by atoms with E-state index in [0.717, 1.165) is 5.56 Å². The van der Waals surface area contributed by atoms with Gasteiger partial charge in [-0.3, -0.25) is 9.59 Å². The zero-order valence-electron chi connectivity index (χ0n) is 13.7. The normalized spacial score (nSPS) is 10.1. The highest BCUT2D eigenvalue weighted by Gasteiger charge is 2.14. The van der Waals surface area contributed by atoms with E-state index >= 15 is 0 Å². The molecule has 126 valence electrons. The van der Waals surface area contributed by atoms with E-state index in [-0.39, 0.29) is 37.6 Å². The Morgan fingerprint density at radius 1 is 1.17 bits per heavy atom. The van der Waals surface area contributed by atoms with Crippen LogP contribution in [0.4, 0.5) is 4.79 Å². The summed E-state index contributed by atoms with van der Waals surface area (Å²) in [6, 6.07) is 9.23. The lowest BCUT2D eigenvalue weighted by atomic mass is 10.2. The Kier molecular flexibility index (Phi) is 7.59. The Balaban J connectivity index is 2.26. The minimum absolute atomic E-state index is 0.0112. The molecule has 7 nitrogen and oxygen atoms in total. The van der Waals surface area contributed by atoms with Gasteiger partial charge in [0.05, 0.1) is 6.54 Å². The van der Waals surface area contributed by atoms with Crippen LogP contribution in [0.5, 0.6) is 0 Å². The van der Waals surface area contributed by atoms with E-state index < -0.39 is 6.09 Å². The van der Waals surface area contributed by atoms with Crippen molar-refractivity contribution in [3.63, 3.8) is 0 Å². The van der Waals surface area contributed by atoms with E-state index in [9.17, 15) is 14.4 Å². The average molecular weight is 321 g/mol. The van der Waals surface area contributed by atoms with E-state index in [1.54, 1.807) is 0 Å². The number of alkyl carbamates (subject to hydrolysis) is 1. The van der Waals surface area contributed by atoms with E-state index in [2.05, 4.69) is 10.6 Å². The number of nitrogens with zero attached hydrogens (tertiary/aromatic N) is 1. The maximum Gasteiger partial charge on any atom is 0.407 e. The van der Waals surface area contributed by atoms with Gasteiger partial charge in [-0.05, 0) is 19.4 Å². The van der Waals surface area contributed by atoms with Crippen LogP contribution in [0.15, 0.2) is 30.3 Å². The summed E-state index contributed by atoms with van der Waals surface area (Å²) in [4.78, 5) is 36.1. The van der Waals surface area contributed by atoms with Crippen LogP contribution in [0.2, 0.25) is 0 Å². The molecule has 0 bridgehead atoms. The fraction of sp³-hybridized carbons (Fsp3) is 0.438. The number of benzene rings is 1. The number of ether oxygens (including phenoxy) is 1. The zero-order chi connectivity index (χ0) is 17.2. The highest BCUT2D eigenvalue weighted by Crippen LogP contribution is 2.00. The molecule has 0 aromatic heterocycles. The van der Waals surface area contributed by atoms with Crippen LogP contribution in [0.1, 0.15) is 19.4 Å². The molecule has 0 aliphatic heterocycles. The predicted molar refractivity (Wildman–Crippen MR) is 85.5 cm³/mol. The van der Waals surface area contributed by atoms with Gasteiger partial charge < -0.3 is 20.3 Å². The molecule has 0 aliphatic rings. The Morgan fingerprint density at radius 3 is 2.43 bits per heavy atom. The Hall–Kier alpha value is -2.57. The third kappa shape index (κ3) is 7.85. The molecule has 0 radical (unpaired) electrons. The standard InChI is InChI=1S/C16H23N3O4/c1-12(2)18-14(20)10-19(3)15(21)9-17-16(22)23-11-13-7-5-4-6-8-13/h4-8,12H,9-11H2,1-3H3,(H,17,22)(H,18,20). The van der Waals surface area contributed by atoms with Crippen molar-refractivity contribution in [1.29, 1.82) is 0 Å². The maximum absolute atomic E-state index is 11.8. The summed E-state index contributed by atoms with van der Waals surface area (Å²) in [5.74, 6) is -0.622. The summed E-state index contributed by atoms with van der Waals surface area (Å²) in [5.41, 5.74) is 0.858. The number of carbonyl (C=O) groups is 3. The minimum Gasteiger partial charge on any atom is -0.445 e. The minimum atomic E-state index is -0.678. The van der Waals surface area contributed by atoms with E-state index in [1.807, 2.05) is 44.2 Å². The van der Waals surface area contributed by atoms with Crippen molar-refractivity contribution in [3.8, 4) is 0 Å². The first-order valence-electron chi connectivity index (χ1n) is 7.36. The van der Waals surface area contributed by atoms with Crippen LogP contribution in [0, 0.1) is 0 Å². The smallest absolute Gasteiger partial charge is 0.407 e. The Bertz CT molecular complexity index is 531. The second-order valence-electron chi connectivity index (χ2n) is 5.39. The molecule has 7 heteroatoms. The van der Waals surface area contributed by atoms with Crippen molar-refractivity contribution in [2.75, 3.05) is 20.1 Å². The topological polar surface area (TPSA) is 87.7 Å². The van der Waals surface area contributed by atoms with Crippen molar-refractivity contribution in [2.24, 2.45) is 0 Å². The first-order valence-corrected chi connectivity index (χ1v) is 7.36. The highest BCUT2D eigenvalue weighted by atomic mass is 16.5. The SMILES string of the molecule is CC(C)NC(=O)CN(C)C(=O)CNC(=O)OCc1ccccc1. The van der Waals surface area contributed by atoms with Gasteiger partial charge >= 0.3 is 6.09 Å². The lowest BCUT2D eigenvalue weighted by Crippen LogP contribution is -2.44. The second-order valence-corrected chi connectivity index (χ2v) is 5.39. The number of hydrogen-bond donors (Lipinski definition) is 2. The lowest BCUT2D eigenvalue weighted by molar-refractivity contribution is -0.134. The molecule has 0 saturated carbocycles. The Morgan fingerprint density at radius 2 is 1.83 bits per heavy atom. The molecular formula is C16H23N3O4. The number of amides is 3. The van der Waals surface area contributed by atoms with Crippen LogP contribution in [-0.2, 0) is 20.9 Å². The molecule has 2 N–H and O–H groups in total. The van der Waals surface area contributed by atoms with Gasteiger partial charge in [0, 0.05) is 13.1 Å². The van der Waals surface area contributed by atoms with Crippen molar-refractivity contribution in [3.05, 3.63) is 35.9 Å². The predicted octanol–water partition coefficient (Wildman–Crippen LogP) is 0.896. The van der Waals surface area contributed by atoms with Crippen LogP contribution in [0.25, 0.3) is 0 Å². The summed E-state index contributed by atoms with van der Waals surface area (Å²) in [5, 5.41) is 5.05. The van der Waals surface area contributed by atoms with Gasteiger partial charge in [0.15, 0.2) is 0 Å². The molecule has 1 aromatic carbocycles. The van der Waals surface area contributed by atoms with Crippen molar-refractivity contribution in [2.45, 2.75) is 26.5 Å². The van der Waals surface area contributed by atoms with Crippen LogP contribution in [0.3, 0.4) is 0 Å². The van der Waals surface area contributed by atoms with Crippen LogP contribution in [-0.4, -0.2) is 49.0 Å². The molecule has 1 rings (SSSR count). The summed E-state index contributed by atoms with van der Waals surface area (Å²) in [6.07, 6.45) is -0.678. The highest BCUT2D eigenvalue weighted by molar-refractivity contribution is 5.87. The Labute approximate surface area is 136 Å². The molecule has 0 unspecified atom stereocenters. The molecule has 23 heavy (non-hydrogen) atoms. The third-order valence-corrected chi connectivity index (χ3v) is 2.85. The summed E-state index contributed by atoms with van der Waals surface area (Å²) in [6.45, 7) is 3.53. The third-order valence-electron chi connectivity index (χ3n) is 2.85. The van der Waals surface area contributed by atoms with Gasteiger partial charge in [-0.15, -0.1) is 0 Å². The quantitative estimate of drug-likeness (QED) is 0.781. The van der Waals surface area contributed by atoms with Crippen LogP contribution < -0.4 is 10.6 Å². The van der Waals surface area contributed by atoms with E-state index in [1.165, 1.54) is 11.9 Å². The fourth-order valence-electron chi connectivity index (χ4n) is 1.73. The van der Waals surface area contributed by atoms with Gasteiger partial charge in [0.1, 0.15) is 13.2 Å². The summed E-state index contributed by atoms with van der Waals surface area (Å²) in [7, 11) is 1.50. The van der Waals surface area contributed by atoms with Crippen molar-refractivity contribution >= 4 is 17.9 Å². The van der Waals surface area contributed by atoms with E-state index in [0.29, 0.717) is 0 Å². The first-order chi connectivity index (χ1) is 10.9. The molecule has 0 fully saturated rings. The van der Waals surface area contributed by atoms with Crippen LogP contribution >= 0.6 is 0 Å². The maximum atomic E-state index is 11.8. The molecular weight excluding hydrogens is 298 g/mol. The number of rotatable bonds is 7.